The number of nitro benzene ring substituents is 1. The van der Waals surface area contributed by atoms with Crippen LogP contribution in [-0.2, 0) is 6.54 Å². The Morgan fingerprint density at radius 2 is 1.96 bits per heavy atom. The highest BCUT2D eigenvalue weighted by Gasteiger charge is 2.18. The molecule has 1 heterocycles. The molecule has 25 heavy (non-hydrogen) atoms. The highest BCUT2D eigenvalue weighted by atomic mass is 32.1. The van der Waals surface area contributed by atoms with Gasteiger partial charge in [0.1, 0.15) is 0 Å². The average Bonchev–Trinajstić information content (AvgIpc) is 3.01. The van der Waals surface area contributed by atoms with Crippen molar-refractivity contribution in [3.05, 3.63) is 63.0 Å². The summed E-state index contributed by atoms with van der Waals surface area (Å²) < 4.78 is 0.958. The maximum Gasteiger partial charge on any atom is 0.314 e. The quantitative estimate of drug-likeness (QED) is 0.316. The Morgan fingerprint density at radius 1 is 1.20 bits per heavy atom. The normalized spacial score (nSPS) is 11.2. The number of carbonyl (C=O) groups is 1. The summed E-state index contributed by atoms with van der Waals surface area (Å²) in [5, 5.41) is 38.0. The van der Waals surface area contributed by atoms with Gasteiger partial charge in [-0.2, -0.15) is 5.11 Å². The summed E-state index contributed by atoms with van der Waals surface area (Å²) in [5.41, 5.74) is -0.393. The van der Waals surface area contributed by atoms with Gasteiger partial charge in [-0.15, -0.1) is 16.5 Å². The molecular formula is C16H11N3O5S. The van der Waals surface area contributed by atoms with Crippen molar-refractivity contribution in [1.82, 2.24) is 0 Å². The van der Waals surface area contributed by atoms with Crippen molar-refractivity contribution >= 4 is 33.0 Å². The summed E-state index contributed by atoms with van der Waals surface area (Å²) in [6, 6.07) is 11.4. The highest BCUT2D eigenvalue weighted by molar-refractivity contribution is 7.20. The van der Waals surface area contributed by atoms with E-state index >= 15 is 0 Å². The fourth-order valence-corrected chi connectivity index (χ4v) is 3.15. The van der Waals surface area contributed by atoms with Gasteiger partial charge in [0.05, 0.1) is 16.3 Å². The van der Waals surface area contributed by atoms with Crippen LogP contribution in [0.15, 0.2) is 52.7 Å². The van der Waals surface area contributed by atoms with Gasteiger partial charge >= 0.3 is 11.6 Å². The van der Waals surface area contributed by atoms with Crippen LogP contribution in [0, 0.1) is 10.1 Å². The molecule has 126 valence electrons. The number of thiophene rings is 1. The Labute approximate surface area is 144 Å². The number of benzene rings is 2. The number of nitrogens with zero attached hydrogens (tertiary/aromatic N) is 3. The Kier molecular flexibility index (Phi) is 4.40. The van der Waals surface area contributed by atoms with Crippen molar-refractivity contribution in [1.29, 1.82) is 0 Å². The molecule has 0 atom stereocenters. The minimum atomic E-state index is -0.821. The molecule has 1 aromatic heterocycles. The van der Waals surface area contributed by atoms with E-state index in [1.165, 1.54) is 11.3 Å². The third kappa shape index (κ3) is 3.45. The molecule has 2 N–H and O–H groups in total. The summed E-state index contributed by atoms with van der Waals surface area (Å²) in [6.45, 7) is -0.148. The standard InChI is InChI=1S/C16H11N3O5S/c20-12-6-9(5-11(15(12)21)19(23)24)8-17-18-16(22)14-7-10-3-1-2-4-13(10)25-14/h1-7,20-21H,8H2/b18-17+. The molecular weight excluding hydrogens is 346 g/mol. The van der Waals surface area contributed by atoms with E-state index < -0.39 is 28.0 Å². The maximum absolute atomic E-state index is 12.1. The first-order valence-electron chi connectivity index (χ1n) is 7.05. The van der Waals surface area contributed by atoms with Gasteiger partial charge in [-0.3, -0.25) is 14.9 Å². The van der Waals surface area contributed by atoms with Crippen molar-refractivity contribution < 1.29 is 19.9 Å². The van der Waals surface area contributed by atoms with Crippen molar-refractivity contribution in [3.63, 3.8) is 0 Å². The van der Waals surface area contributed by atoms with Gasteiger partial charge in [0.25, 0.3) is 0 Å². The molecule has 2 aromatic carbocycles. The molecule has 0 aliphatic carbocycles. The largest absolute Gasteiger partial charge is 0.504 e. The lowest BCUT2D eigenvalue weighted by Crippen LogP contribution is -1.92. The smallest absolute Gasteiger partial charge is 0.314 e. The zero-order chi connectivity index (χ0) is 18.0. The molecule has 3 rings (SSSR count). The minimum Gasteiger partial charge on any atom is -0.504 e. The molecule has 0 saturated carbocycles. The summed E-state index contributed by atoms with van der Waals surface area (Å²) in [5.74, 6) is -1.96. The molecule has 0 aliphatic rings. The number of amides is 1. The predicted octanol–water partition coefficient (Wildman–Crippen LogP) is 4.01. The van der Waals surface area contributed by atoms with Crippen LogP contribution in [0.5, 0.6) is 11.5 Å². The topological polar surface area (TPSA) is 125 Å². The second-order valence-electron chi connectivity index (χ2n) is 5.09. The number of azo groups is 1. The van der Waals surface area contributed by atoms with Gasteiger partial charge in [0.15, 0.2) is 5.75 Å². The number of hydrogen-bond donors (Lipinski definition) is 2. The molecule has 0 fully saturated rings. The maximum atomic E-state index is 12.1. The lowest BCUT2D eigenvalue weighted by molar-refractivity contribution is -0.386. The van der Waals surface area contributed by atoms with Crippen LogP contribution in [0.4, 0.5) is 5.69 Å². The number of aromatic hydroxyl groups is 2. The van der Waals surface area contributed by atoms with E-state index in [1.54, 1.807) is 6.07 Å². The van der Waals surface area contributed by atoms with Crippen LogP contribution < -0.4 is 0 Å². The Balaban J connectivity index is 1.76. The van der Waals surface area contributed by atoms with Gasteiger partial charge in [-0.1, -0.05) is 18.2 Å². The van der Waals surface area contributed by atoms with Gasteiger partial charge < -0.3 is 10.2 Å². The van der Waals surface area contributed by atoms with E-state index in [4.69, 9.17) is 0 Å². The molecule has 0 unspecified atom stereocenters. The molecule has 9 heteroatoms. The van der Waals surface area contributed by atoms with Crippen molar-refractivity contribution in [3.8, 4) is 11.5 Å². The van der Waals surface area contributed by atoms with E-state index in [0.717, 1.165) is 22.2 Å². The number of nitro groups is 1. The molecule has 0 aliphatic heterocycles. The Morgan fingerprint density at radius 3 is 2.68 bits per heavy atom. The molecule has 3 aromatic rings. The zero-order valence-electron chi connectivity index (χ0n) is 12.6. The monoisotopic (exact) mass is 357 g/mol. The first-order valence-corrected chi connectivity index (χ1v) is 7.87. The van der Waals surface area contributed by atoms with Crippen LogP contribution in [-0.4, -0.2) is 21.0 Å². The zero-order valence-corrected chi connectivity index (χ0v) is 13.4. The molecule has 0 bridgehead atoms. The van der Waals surface area contributed by atoms with Crippen LogP contribution in [0.25, 0.3) is 10.1 Å². The van der Waals surface area contributed by atoms with Crippen molar-refractivity contribution in [2.45, 2.75) is 6.54 Å². The van der Waals surface area contributed by atoms with E-state index in [2.05, 4.69) is 10.2 Å². The Bertz CT molecular complexity index is 979. The summed E-state index contributed by atoms with van der Waals surface area (Å²) in [6.07, 6.45) is 0. The SMILES string of the molecule is O=C(/N=N/Cc1cc(O)c(O)c([N+](=O)[O-])c1)c1cc2ccccc2s1. The number of fused-ring (bicyclic) bond motifs is 1. The number of carbonyl (C=O) groups excluding carboxylic acids is 1. The third-order valence-electron chi connectivity index (χ3n) is 3.38. The second kappa shape index (κ2) is 6.65. The summed E-state index contributed by atoms with van der Waals surface area (Å²) >= 11 is 1.30. The van der Waals surface area contributed by atoms with Gasteiger partial charge in [-0.05, 0) is 29.1 Å². The minimum absolute atomic E-state index is 0.148. The fourth-order valence-electron chi connectivity index (χ4n) is 2.21. The van der Waals surface area contributed by atoms with Crippen molar-refractivity contribution in [2.24, 2.45) is 10.2 Å². The van der Waals surface area contributed by atoms with Gasteiger partial charge in [0.2, 0.25) is 5.75 Å². The van der Waals surface area contributed by atoms with Crippen LogP contribution in [0.3, 0.4) is 0 Å². The van der Waals surface area contributed by atoms with E-state index in [0.29, 0.717) is 4.88 Å². The van der Waals surface area contributed by atoms with Crippen LogP contribution in [0.1, 0.15) is 15.2 Å². The number of phenols is 2. The number of hydrogen-bond acceptors (Lipinski definition) is 7. The van der Waals surface area contributed by atoms with Gasteiger partial charge in [0, 0.05) is 10.8 Å². The summed E-state index contributed by atoms with van der Waals surface area (Å²) in [4.78, 5) is 22.5. The first kappa shape index (κ1) is 16.5. The number of phenolic OH excluding ortho intramolecular Hbond substituents is 2. The highest BCUT2D eigenvalue weighted by Crippen LogP contribution is 2.36. The van der Waals surface area contributed by atoms with Gasteiger partial charge in [-0.25, -0.2) is 0 Å². The van der Waals surface area contributed by atoms with Crippen molar-refractivity contribution in [2.75, 3.05) is 0 Å². The van der Waals surface area contributed by atoms with Crippen LogP contribution >= 0.6 is 11.3 Å². The number of rotatable bonds is 4. The fraction of sp³-hybridized carbons (Fsp3) is 0.0625. The second-order valence-corrected chi connectivity index (χ2v) is 6.18. The van der Waals surface area contributed by atoms with E-state index in [9.17, 15) is 25.1 Å². The van der Waals surface area contributed by atoms with E-state index in [-0.39, 0.29) is 12.1 Å². The third-order valence-corrected chi connectivity index (χ3v) is 4.48. The first-order chi connectivity index (χ1) is 12.0. The lowest BCUT2D eigenvalue weighted by atomic mass is 10.1. The average molecular weight is 357 g/mol. The molecule has 0 spiro atoms. The lowest BCUT2D eigenvalue weighted by Gasteiger charge is -2.01. The molecule has 1 amide bonds. The summed E-state index contributed by atoms with van der Waals surface area (Å²) in [7, 11) is 0. The van der Waals surface area contributed by atoms with Crippen LogP contribution in [0.2, 0.25) is 0 Å². The molecule has 0 saturated heterocycles. The molecule has 8 nitrogen and oxygen atoms in total. The Hall–Kier alpha value is -3.33. The van der Waals surface area contributed by atoms with E-state index in [1.807, 2.05) is 24.3 Å². The predicted molar refractivity (Wildman–Crippen MR) is 91.1 cm³/mol. The molecule has 0 radical (unpaired) electrons.